The highest BCUT2D eigenvalue weighted by Gasteiger charge is 2.14. The molecule has 0 atom stereocenters. The van der Waals surface area contributed by atoms with Gasteiger partial charge in [0.15, 0.2) is 0 Å². The van der Waals surface area contributed by atoms with Crippen LogP contribution in [0.3, 0.4) is 0 Å². The van der Waals surface area contributed by atoms with Crippen molar-refractivity contribution < 1.29 is 4.92 Å². The third-order valence-corrected chi connectivity index (χ3v) is 4.25. The summed E-state index contributed by atoms with van der Waals surface area (Å²) in [6.45, 7) is 3.91. The van der Waals surface area contributed by atoms with E-state index in [4.69, 9.17) is 11.6 Å². The first-order valence-corrected chi connectivity index (χ1v) is 6.68. The molecule has 0 fully saturated rings. The number of allylic oxidation sites excluding steroid dienone is 1. The van der Waals surface area contributed by atoms with E-state index in [9.17, 15) is 10.1 Å². The number of nitrogens with zero attached hydrogens (tertiary/aromatic N) is 1. The maximum Gasteiger partial charge on any atom is 0.247 e. The van der Waals surface area contributed by atoms with E-state index >= 15 is 0 Å². The molecule has 1 heterocycles. The fraction of sp³-hybridized carbons (Fsp3) is 0.400. The van der Waals surface area contributed by atoms with Crippen LogP contribution in [0.5, 0.6) is 0 Å². The van der Waals surface area contributed by atoms with Crippen molar-refractivity contribution in [1.29, 1.82) is 0 Å². The summed E-state index contributed by atoms with van der Waals surface area (Å²) in [7, 11) is 0. The van der Waals surface area contributed by atoms with E-state index in [0.717, 1.165) is 9.35 Å². The second-order valence-electron chi connectivity index (χ2n) is 3.76. The summed E-state index contributed by atoms with van der Waals surface area (Å²) in [5.41, 5.74) is 0.223. The molecule has 0 saturated heterocycles. The molecule has 0 N–H and O–H groups in total. The molecular formula is C10H11BrClNO2S. The standard InChI is InChI=1S/C10H11BrClNO2S/c1-6(2)3-7(13(14)15)4-8-5-9(11)10(12)16-8/h4-6H,3H2,1-2H3. The molecule has 0 aliphatic heterocycles. The Morgan fingerprint density at radius 1 is 1.75 bits per heavy atom. The van der Waals surface area contributed by atoms with Gasteiger partial charge in [-0.05, 0) is 27.9 Å². The summed E-state index contributed by atoms with van der Waals surface area (Å²) < 4.78 is 1.39. The van der Waals surface area contributed by atoms with Gasteiger partial charge < -0.3 is 0 Å². The van der Waals surface area contributed by atoms with Gasteiger partial charge in [-0.2, -0.15) is 0 Å². The zero-order chi connectivity index (χ0) is 12.3. The highest BCUT2D eigenvalue weighted by molar-refractivity contribution is 9.10. The van der Waals surface area contributed by atoms with Gasteiger partial charge in [0, 0.05) is 21.8 Å². The van der Waals surface area contributed by atoms with Gasteiger partial charge in [-0.1, -0.05) is 25.4 Å². The van der Waals surface area contributed by atoms with Crippen LogP contribution in [0.1, 0.15) is 25.1 Å². The maximum absolute atomic E-state index is 10.8. The summed E-state index contributed by atoms with van der Waals surface area (Å²) >= 11 is 10.5. The van der Waals surface area contributed by atoms with Gasteiger partial charge in [-0.3, -0.25) is 10.1 Å². The molecule has 0 amide bonds. The Labute approximate surface area is 111 Å². The molecule has 0 radical (unpaired) electrons. The molecular weight excluding hydrogens is 314 g/mol. The number of rotatable bonds is 4. The lowest BCUT2D eigenvalue weighted by atomic mass is 10.1. The fourth-order valence-corrected chi connectivity index (χ4v) is 2.90. The molecule has 1 rings (SSSR count). The molecule has 1 aromatic rings. The third kappa shape index (κ3) is 3.88. The van der Waals surface area contributed by atoms with E-state index in [1.165, 1.54) is 11.3 Å². The number of nitro groups is 1. The number of halogens is 2. The summed E-state index contributed by atoms with van der Waals surface area (Å²) in [6.07, 6.45) is 2.04. The summed E-state index contributed by atoms with van der Waals surface area (Å²) in [5.74, 6) is 0.260. The number of hydrogen-bond acceptors (Lipinski definition) is 3. The maximum atomic E-state index is 10.8. The second kappa shape index (κ2) is 5.80. The Hall–Kier alpha value is -0.390. The van der Waals surface area contributed by atoms with Gasteiger partial charge in [-0.15, -0.1) is 11.3 Å². The van der Waals surface area contributed by atoms with E-state index in [2.05, 4.69) is 15.9 Å². The lowest BCUT2D eigenvalue weighted by molar-refractivity contribution is -0.427. The summed E-state index contributed by atoms with van der Waals surface area (Å²) in [5, 5.41) is 10.8. The van der Waals surface area contributed by atoms with Crippen molar-refractivity contribution in [2.75, 3.05) is 0 Å². The van der Waals surface area contributed by atoms with Gasteiger partial charge >= 0.3 is 0 Å². The first kappa shape index (κ1) is 13.7. The molecule has 0 saturated carbocycles. The predicted molar refractivity (Wildman–Crippen MR) is 71.5 cm³/mol. The first-order chi connectivity index (χ1) is 7.40. The SMILES string of the molecule is CC(C)CC(=Cc1cc(Br)c(Cl)s1)[N+](=O)[O-]. The molecule has 0 bridgehead atoms. The Kier molecular flexibility index (Phi) is 4.95. The van der Waals surface area contributed by atoms with E-state index in [-0.39, 0.29) is 16.5 Å². The molecule has 16 heavy (non-hydrogen) atoms. The van der Waals surface area contributed by atoms with Crippen LogP contribution < -0.4 is 0 Å². The molecule has 6 heteroatoms. The van der Waals surface area contributed by atoms with E-state index in [1.54, 1.807) is 12.1 Å². The van der Waals surface area contributed by atoms with Crippen LogP contribution in [0.2, 0.25) is 4.34 Å². The molecule has 0 spiro atoms. The van der Waals surface area contributed by atoms with E-state index in [0.29, 0.717) is 10.8 Å². The minimum absolute atomic E-state index is 0.223. The Morgan fingerprint density at radius 3 is 2.75 bits per heavy atom. The smallest absolute Gasteiger partial charge is 0.247 e. The van der Waals surface area contributed by atoms with Crippen LogP contribution in [0.4, 0.5) is 0 Å². The van der Waals surface area contributed by atoms with Crippen LogP contribution in [-0.2, 0) is 0 Å². The van der Waals surface area contributed by atoms with Crippen molar-refractivity contribution in [3.63, 3.8) is 0 Å². The highest BCUT2D eigenvalue weighted by Crippen LogP contribution is 2.33. The molecule has 88 valence electrons. The number of thiophene rings is 1. The normalized spacial score (nSPS) is 12.2. The van der Waals surface area contributed by atoms with Gasteiger partial charge in [-0.25, -0.2) is 0 Å². The van der Waals surface area contributed by atoms with Crippen molar-refractivity contribution in [1.82, 2.24) is 0 Å². The zero-order valence-electron chi connectivity index (χ0n) is 8.87. The van der Waals surface area contributed by atoms with Gasteiger partial charge in [0.25, 0.3) is 0 Å². The molecule has 0 aliphatic rings. The van der Waals surface area contributed by atoms with Crippen LogP contribution >= 0.6 is 38.9 Å². The molecule has 1 aromatic heterocycles. The molecule has 0 aliphatic carbocycles. The summed E-state index contributed by atoms with van der Waals surface area (Å²) in [6, 6.07) is 1.79. The van der Waals surface area contributed by atoms with Crippen LogP contribution in [0.15, 0.2) is 16.2 Å². The summed E-state index contributed by atoms with van der Waals surface area (Å²) in [4.78, 5) is 11.3. The van der Waals surface area contributed by atoms with E-state index < -0.39 is 0 Å². The Bertz CT molecular complexity index is 409. The predicted octanol–water partition coefficient (Wildman–Crippen LogP) is 4.83. The van der Waals surface area contributed by atoms with Crippen molar-refractivity contribution in [3.8, 4) is 0 Å². The minimum Gasteiger partial charge on any atom is -0.259 e. The van der Waals surface area contributed by atoms with Gasteiger partial charge in [0.1, 0.15) is 4.34 Å². The second-order valence-corrected chi connectivity index (χ2v) is 6.30. The van der Waals surface area contributed by atoms with Gasteiger partial charge in [0.2, 0.25) is 5.70 Å². The first-order valence-electron chi connectivity index (χ1n) is 4.70. The molecule has 3 nitrogen and oxygen atoms in total. The van der Waals surface area contributed by atoms with Crippen molar-refractivity contribution in [3.05, 3.63) is 35.6 Å². The zero-order valence-corrected chi connectivity index (χ0v) is 12.0. The van der Waals surface area contributed by atoms with Crippen LogP contribution in [0.25, 0.3) is 6.08 Å². The minimum atomic E-state index is -0.332. The molecule has 0 unspecified atom stereocenters. The number of hydrogen-bond donors (Lipinski definition) is 0. The van der Waals surface area contributed by atoms with E-state index in [1.807, 2.05) is 13.8 Å². The van der Waals surface area contributed by atoms with Gasteiger partial charge in [0.05, 0.1) is 4.92 Å². The van der Waals surface area contributed by atoms with Crippen LogP contribution in [-0.4, -0.2) is 4.92 Å². The topological polar surface area (TPSA) is 43.1 Å². The Balaban J connectivity index is 2.97. The average Bonchev–Trinajstić information content (AvgIpc) is 2.44. The average molecular weight is 325 g/mol. The highest BCUT2D eigenvalue weighted by atomic mass is 79.9. The fourth-order valence-electron chi connectivity index (χ4n) is 1.20. The van der Waals surface area contributed by atoms with Crippen molar-refractivity contribution in [2.24, 2.45) is 5.92 Å². The lowest BCUT2D eigenvalue weighted by Crippen LogP contribution is -2.01. The lowest BCUT2D eigenvalue weighted by Gasteiger charge is -2.01. The Morgan fingerprint density at radius 2 is 2.38 bits per heavy atom. The largest absolute Gasteiger partial charge is 0.259 e. The van der Waals surface area contributed by atoms with Crippen molar-refractivity contribution in [2.45, 2.75) is 20.3 Å². The van der Waals surface area contributed by atoms with Crippen LogP contribution in [0, 0.1) is 16.0 Å². The third-order valence-electron chi connectivity index (χ3n) is 1.82. The monoisotopic (exact) mass is 323 g/mol. The molecule has 0 aromatic carbocycles. The quantitative estimate of drug-likeness (QED) is 0.588. The van der Waals surface area contributed by atoms with Crippen molar-refractivity contribution >= 4 is 44.9 Å².